The molecule has 0 aliphatic rings. The van der Waals surface area contributed by atoms with Gasteiger partial charge in [0.1, 0.15) is 17.3 Å². The smallest absolute Gasteiger partial charge is 0.296 e. The van der Waals surface area contributed by atoms with Crippen LogP contribution in [0.25, 0.3) is 0 Å². The molecule has 0 aliphatic heterocycles. The van der Waals surface area contributed by atoms with Crippen LogP contribution in [0.15, 0.2) is 42.5 Å². The standard InChI is InChI=1S/C15H13FN2O4/c1-2-22-12-7-8-13(14(9-12)18(20)21)17-15(19)10-3-5-11(16)6-4-10/h3-9H,2H2,1H3,(H,17,19). The van der Waals surface area contributed by atoms with Crippen molar-refractivity contribution in [1.82, 2.24) is 0 Å². The van der Waals surface area contributed by atoms with E-state index < -0.39 is 16.6 Å². The average Bonchev–Trinajstić information content (AvgIpc) is 2.49. The number of carbonyl (C=O) groups excluding carboxylic acids is 1. The van der Waals surface area contributed by atoms with E-state index in [0.29, 0.717) is 12.4 Å². The summed E-state index contributed by atoms with van der Waals surface area (Å²) in [5, 5.41) is 13.5. The van der Waals surface area contributed by atoms with Crippen molar-refractivity contribution in [1.29, 1.82) is 0 Å². The van der Waals surface area contributed by atoms with Crippen LogP contribution in [0.2, 0.25) is 0 Å². The highest BCUT2D eigenvalue weighted by Crippen LogP contribution is 2.29. The molecule has 2 aromatic carbocycles. The molecule has 2 aromatic rings. The van der Waals surface area contributed by atoms with Crippen LogP contribution in [-0.2, 0) is 0 Å². The molecule has 0 radical (unpaired) electrons. The van der Waals surface area contributed by atoms with E-state index in [4.69, 9.17) is 4.74 Å². The Bertz CT molecular complexity index is 701. The number of amides is 1. The molecule has 0 saturated heterocycles. The van der Waals surface area contributed by atoms with Crippen molar-refractivity contribution in [2.45, 2.75) is 6.92 Å². The Morgan fingerprint density at radius 1 is 1.27 bits per heavy atom. The Kier molecular flexibility index (Phi) is 4.67. The second-order valence-electron chi connectivity index (χ2n) is 4.33. The number of nitrogens with zero attached hydrogens (tertiary/aromatic N) is 1. The molecule has 2 rings (SSSR count). The van der Waals surface area contributed by atoms with Crippen LogP contribution in [0, 0.1) is 15.9 Å². The van der Waals surface area contributed by atoms with Crippen LogP contribution in [-0.4, -0.2) is 17.4 Å². The Balaban J connectivity index is 2.26. The predicted octanol–water partition coefficient (Wildman–Crippen LogP) is 3.38. The first-order valence-corrected chi connectivity index (χ1v) is 6.49. The number of rotatable bonds is 5. The summed E-state index contributed by atoms with van der Waals surface area (Å²) in [5.41, 5.74) is -0.0335. The molecule has 1 N–H and O–H groups in total. The van der Waals surface area contributed by atoms with Gasteiger partial charge in [0.05, 0.1) is 17.6 Å². The van der Waals surface area contributed by atoms with E-state index in [0.717, 1.165) is 12.1 Å². The number of carbonyl (C=O) groups is 1. The lowest BCUT2D eigenvalue weighted by Crippen LogP contribution is -2.13. The second-order valence-corrected chi connectivity index (χ2v) is 4.33. The first-order valence-electron chi connectivity index (χ1n) is 6.49. The van der Waals surface area contributed by atoms with Crippen molar-refractivity contribution >= 4 is 17.3 Å². The van der Waals surface area contributed by atoms with E-state index in [1.54, 1.807) is 6.92 Å². The number of halogens is 1. The highest BCUT2D eigenvalue weighted by molar-refractivity contribution is 6.05. The summed E-state index contributed by atoms with van der Waals surface area (Å²) < 4.78 is 18.0. The number of anilines is 1. The molecule has 0 heterocycles. The van der Waals surface area contributed by atoms with Crippen LogP contribution in [0.4, 0.5) is 15.8 Å². The fourth-order valence-electron chi connectivity index (χ4n) is 1.82. The maximum absolute atomic E-state index is 12.8. The molecule has 0 aromatic heterocycles. The third-order valence-corrected chi connectivity index (χ3v) is 2.83. The number of nitro benzene ring substituents is 1. The average molecular weight is 304 g/mol. The second kappa shape index (κ2) is 6.66. The van der Waals surface area contributed by atoms with Gasteiger partial charge in [-0.05, 0) is 43.3 Å². The van der Waals surface area contributed by atoms with Crippen molar-refractivity contribution < 1.29 is 18.8 Å². The zero-order valence-electron chi connectivity index (χ0n) is 11.7. The van der Waals surface area contributed by atoms with Crippen LogP contribution in [0.1, 0.15) is 17.3 Å². The normalized spacial score (nSPS) is 10.1. The van der Waals surface area contributed by atoms with E-state index in [2.05, 4.69) is 5.32 Å². The Morgan fingerprint density at radius 3 is 2.55 bits per heavy atom. The lowest BCUT2D eigenvalue weighted by Gasteiger charge is -2.08. The molecule has 0 spiro atoms. The number of nitro groups is 1. The summed E-state index contributed by atoms with van der Waals surface area (Å²) in [7, 11) is 0. The molecule has 7 heteroatoms. The van der Waals surface area contributed by atoms with Gasteiger partial charge in [-0.1, -0.05) is 0 Å². The molecule has 22 heavy (non-hydrogen) atoms. The predicted molar refractivity (Wildman–Crippen MR) is 78.6 cm³/mol. The minimum absolute atomic E-state index is 0.0442. The van der Waals surface area contributed by atoms with E-state index in [9.17, 15) is 19.3 Å². The molecule has 0 bridgehead atoms. The molecule has 0 atom stereocenters. The van der Waals surface area contributed by atoms with Crippen molar-refractivity contribution in [3.63, 3.8) is 0 Å². The van der Waals surface area contributed by atoms with Gasteiger partial charge in [-0.15, -0.1) is 0 Å². The fraction of sp³-hybridized carbons (Fsp3) is 0.133. The van der Waals surface area contributed by atoms with E-state index in [-0.39, 0.29) is 16.9 Å². The molecule has 0 aliphatic carbocycles. The van der Waals surface area contributed by atoms with Crippen LogP contribution in [0.5, 0.6) is 5.75 Å². The summed E-state index contributed by atoms with van der Waals surface area (Å²) in [6.07, 6.45) is 0. The first-order chi connectivity index (χ1) is 10.5. The van der Waals surface area contributed by atoms with Gasteiger partial charge in [0.25, 0.3) is 11.6 Å². The van der Waals surface area contributed by atoms with Gasteiger partial charge < -0.3 is 10.1 Å². The number of nitrogens with one attached hydrogen (secondary N) is 1. The van der Waals surface area contributed by atoms with E-state index in [1.807, 2.05) is 0 Å². The minimum atomic E-state index is -0.608. The van der Waals surface area contributed by atoms with Crippen molar-refractivity contribution in [2.24, 2.45) is 0 Å². The first kappa shape index (κ1) is 15.4. The number of benzene rings is 2. The summed E-state index contributed by atoms with van der Waals surface area (Å²) in [6.45, 7) is 2.13. The van der Waals surface area contributed by atoms with E-state index in [1.165, 1.54) is 30.3 Å². The summed E-state index contributed by atoms with van der Waals surface area (Å²) in [6, 6.07) is 9.03. The summed E-state index contributed by atoms with van der Waals surface area (Å²) in [4.78, 5) is 22.5. The van der Waals surface area contributed by atoms with Crippen molar-refractivity contribution in [2.75, 3.05) is 11.9 Å². The van der Waals surface area contributed by atoms with Gasteiger partial charge in [-0.2, -0.15) is 0 Å². The molecule has 0 unspecified atom stereocenters. The molecular formula is C15H13FN2O4. The van der Waals surface area contributed by atoms with Crippen LogP contribution >= 0.6 is 0 Å². The third kappa shape index (κ3) is 3.57. The highest BCUT2D eigenvalue weighted by Gasteiger charge is 2.18. The zero-order valence-corrected chi connectivity index (χ0v) is 11.7. The summed E-state index contributed by atoms with van der Waals surface area (Å²) in [5.74, 6) is -0.690. The monoisotopic (exact) mass is 304 g/mol. The topological polar surface area (TPSA) is 81.5 Å². The molecule has 6 nitrogen and oxygen atoms in total. The lowest BCUT2D eigenvalue weighted by atomic mass is 10.2. The fourth-order valence-corrected chi connectivity index (χ4v) is 1.82. The van der Waals surface area contributed by atoms with Crippen molar-refractivity contribution in [3.05, 3.63) is 64.0 Å². The van der Waals surface area contributed by atoms with Gasteiger partial charge in [0.2, 0.25) is 0 Å². The maximum atomic E-state index is 12.8. The Morgan fingerprint density at radius 2 is 1.95 bits per heavy atom. The molecule has 1 amide bonds. The van der Waals surface area contributed by atoms with Gasteiger partial charge in [-0.3, -0.25) is 14.9 Å². The highest BCUT2D eigenvalue weighted by atomic mass is 19.1. The molecule has 0 fully saturated rings. The Hall–Kier alpha value is -2.96. The zero-order chi connectivity index (χ0) is 16.1. The number of ether oxygens (including phenoxy) is 1. The molecule has 0 saturated carbocycles. The SMILES string of the molecule is CCOc1ccc(NC(=O)c2ccc(F)cc2)c([N+](=O)[O-])c1. The quantitative estimate of drug-likeness (QED) is 0.678. The van der Waals surface area contributed by atoms with Gasteiger partial charge in [0, 0.05) is 5.56 Å². The number of hydrogen-bond donors (Lipinski definition) is 1. The van der Waals surface area contributed by atoms with E-state index >= 15 is 0 Å². The third-order valence-electron chi connectivity index (χ3n) is 2.83. The van der Waals surface area contributed by atoms with Crippen LogP contribution < -0.4 is 10.1 Å². The van der Waals surface area contributed by atoms with Gasteiger partial charge in [-0.25, -0.2) is 4.39 Å². The van der Waals surface area contributed by atoms with Crippen LogP contribution in [0.3, 0.4) is 0 Å². The summed E-state index contributed by atoms with van der Waals surface area (Å²) >= 11 is 0. The van der Waals surface area contributed by atoms with Gasteiger partial charge in [0.15, 0.2) is 0 Å². The maximum Gasteiger partial charge on any atom is 0.296 e. The number of hydrogen-bond acceptors (Lipinski definition) is 4. The minimum Gasteiger partial charge on any atom is -0.494 e. The van der Waals surface area contributed by atoms with Gasteiger partial charge >= 0.3 is 0 Å². The lowest BCUT2D eigenvalue weighted by molar-refractivity contribution is -0.384. The molecule has 114 valence electrons. The largest absolute Gasteiger partial charge is 0.494 e. The molecular weight excluding hydrogens is 291 g/mol. The van der Waals surface area contributed by atoms with Crippen molar-refractivity contribution in [3.8, 4) is 5.75 Å². The Labute approximate surface area is 125 Å².